The van der Waals surface area contributed by atoms with E-state index in [4.69, 9.17) is 30.9 Å². The van der Waals surface area contributed by atoms with E-state index in [0.717, 1.165) is 10.8 Å². The summed E-state index contributed by atoms with van der Waals surface area (Å²) in [5, 5.41) is 20.4. The molecule has 0 amide bonds. The van der Waals surface area contributed by atoms with Crippen LogP contribution in [0.5, 0.6) is 0 Å². The topological polar surface area (TPSA) is 296 Å². The van der Waals surface area contributed by atoms with Crippen molar-refractivity contribution in [2.24, 2.45) is 5.73 Å². The normalized spacial score (nSPS) is 27.5. The van der Waals surface area contributed by atoms with Crippen LogP contribution in [0.15, 0.2) is 17.1 Å². The monoisotopic (exact) mass is 538 g/mol. The van der Waals surface area contributed by atoms with Crippen molar-refractivity contribution in [3.8, 4) is 0 Å². The molecule has 1 aliphatic rings. The minimum Gasteiger partial charge on any atom is -0.387 e. The molecule has 0 saturated carbocycles. The van der Waals surface area contributed by atoms with Crippen molar-refractivity contribution in [1.82, 2.24) is 9.55 Å². The van der Waals surface area contributed by atoms with Gasteiger partial charge in [-0.15, -0.1) is 0 Å². The zero-order chi connectivity index (χ0) is 25.2. The summed E-state index contributed by atoms with van der Waals surface area (Å²) in [6.45, 7) is -0.905. The Morgan fingerprint density at radius 1 is 1.12 bits per heavy atom. The average Bonchev–Trinajstić information content (AvgIpc) is 2.91. The molecule has 1 saturated heterocycles. The zero-order valence-corrected chi connectivity index (χ0v) is 19.0. The zero-order valence-electron chi connectivity index (χ0n) is 16.3. The van der Waals surface area contributed by atoms with Gasteiger partial charge in [0, 0.05) is 18.3 Å². The number of anilines is 1. The minimum atomic E-state index is -5.75. The number of aromatic nitrogens is 2. The van der Waals surface area contributed by atoms with E-state index < -0.39 is 60.3 Å². The number of hydrogen-bond acceptors (Lipinski definition) is 13. The Hall–Kier alpha value is -1.33. The van der Waals surface area contributed by atoms with E-state index in [-0.39, 0.29) is 17.9 Å². The molecule has 2 rings (SSSR count). The van der Waals surface area contributed by atoms with Crippen LogP contribution in [0.4, 0.5) is 5.82 Å². The van der Waals surface area contributed by atoms with Gasteiger partial charge in [0.2, 0.25) is 0 Å². The Bertz CT molecular complexity index is 1090. The van der Waals surface area contributed by atoms with Gasteiger partial charge in [0.25, 0.3) is 0 Å². The van der Waals surface area contributed by atoms with Gasteiger partial charge in [-0.1, -0.05) is 12.2 Å². The van der Waals surface area contributed by atoms with Gasteiger partial charge < -0.3 is 46.0 Å². The number of nitrogens with two attached hydrogens (primary N) is 2. The van der Waals surface area contributed by atoms with E-state index >= 15 is 0 Å². The van der Waals surface area contributed by atoms with E-state index in [1.165, 1.54) is 12.2 Å². The molecule has 2 heterocycles. The first-order chi connectivity index (χ1) is 15.1. The minimum absolute atomic E-state index is 0.141. The van der Waals surface area contributed by atoms with Crippen molar-refractivity contribution < 1.29 is 61.4 Å². The lowest BCUT2D eigenvalue weighted by Gasteiger charge is -2.19. The fourth-order valence-electron chi connectivity index (χ4n) is 2.57. The number of nitrogens with zero attached hydrogens (tertiary/aromatic N) is 2. The van der Waals surface area contributed by atoms with Gasteiger partial charge in [0.1, 0.15) is 24.1 Å². The van der Waals surface area contributed by atoms with Crippen LogP contribution in [0.25, 0.3) is 6.08 Å². The van der Waals surface area contributed by atoms with Gasteiger partial charge in [0.15, 0.2) is 6.23 Å². The summed E-state index contributed by atoms with van der Waals surface area (Å²) in [4.78, 5) is 51.3. The van der Waals surface area contributed by atoms with E-state index in [2.05, 4.69) is 18.1 Å². The highest BCUT2D eigenvalue weighted by Crippen LogP contribution is 2.66. The molecule has 188 valence electrons. The number of phosphoric ester groups is 1. The first-order valence-corrected chi connectivity index (χ1v) is 13.1. The molecule has 0 aliphatic carbocycles. The maximum absolute atomic E-state index is 12.2. The van der Waals surface area contributed by atoms with Crippen LogP contribution in [0, 0.1) is 0 Å². The molecule has 0 spiro atoms. The van der Waals surface area contributed by atoms with Crippen molar-refractivity contribution in [2.75, 3.05) is 18.9 Å². The molecule has 1 aliphatic heterocycles. The highest BCUT2D eigenvalue weighted by atomic mass is 31.3. The molecule has 0 aromatic carbocycles. The summed E-state index contributed by atoms with van der Waals surface area (Å²) in [5.74, 6) is -0.154. The summed E-state index contributed by atoms with van der Waals surface area (Å²) >= 11 is 0. The molecule has 33 heavy (non-hydrogen) atoms. The van der Waals surface area contributed by atoms with Crippen LogP contribution in [-0.4, -0.2) is 70.8 Å². The number of rotatable bonds is 10. The molecule has 21 heteroatoms. The number of aliphatic hydroxyl groups is 2. The molecule has 1 aromatic heterocycles. The summed E-state index contributed by atoms with van der Waals surface area (Å²) in [6.07, 6.45) is -2.62. The first kappa shape index (κ1) is 27.9. The molecule has 0 radical (unpaired) electrons. The van der Waals surface area contributed by atoms with Gasteiger partial charge in [-0.25, -0.2) is 18.5 Å². The predicted molar refractivity (Wildman–Crippen MR) is 107 cm³/mol. The highest BCUT2D eigenvalue weighted by molar-refractivity contribution is 7.66. The fourth-order valence-corrected chi connectivity index (χ4v) is 5.60. The molecule has 1 fully saturated rings. The third-order valence-corrected chi connectivity index (χ3v) is 7.68. The van der Waals surface area contributed by atoms with Crippen LogP contribution in [0.3, 0.4) is 0 Å². The summed E-state index contributed by atoms with van der Waals surface area (Å²) in [7, 11) is -16.8. The first-order valence-electron chi connectivity index (χ1n) is 8.60. The smallest absolute Gasteiger partial charge is 0.387 e. The van der Waals surface area contributed by atoms with Crippen LogP contribution in [0.2, 0.25) is 0 Å². The lowest BCUT2D eigenvalue weighted by atomic mass is 10.1. The number of phosphoric acid groups is 3. The highest BCUT2D eigenvalue weighted by Gasteiger charge is 2.46. The molecular formula is C12H21N4O14P3. The van der Waals surface area contributed by atoms with Gasteiger partial charge in [0.05, 0.1) is 6.61 Å². The third-order valence-electron chi connectivity index (χ3n) is 3.87. The Morgan fingerprint density at radius 3 is 2.33 bits per heavy atom. The number of nitrogen functional groups attached to an aromatic ring is 1. The summed E-state index contributed by atoms with van der Waals surface area (Å²) in [6, 6.07) is 0. The Balaban J connectivity index is 2.14. The Morgan fingerprint density at radius 2 is 1.76 bits per heavy atom. The molecule has 6 atom stereocenters. The molecule has 10 N–H and O–H groups in total. The maximum Gasteiger partial charge on any atom is 0.490 e. The van der Waals surface area contributed by atoms with Crippen molar-refractivity contribution in [3.63, 3.8) is 0 Å². The number of aliphatic hydroxyl groups excluding tert-OH is 2. The lowest BCUT2D eigenvalue weighted by Crippen LogP contribution is -2.36. The van der Waals surface area contributed by atoms with E-state index in [1.54, 1.807) is 0 Å². The summed E-state index contributed by atoms with van der Waals surface area (Å²) in [5.41, 5.74) is 10.2. The van der Waals surface area contributed by atoms with Crippen molar-refractivity contribution in [2.45, 2.75) is 24.5 Å². The van der Waals surface area contributed by atoms with E-state index in [1.807, 2.05) is 0 Å². The van der Waals surface area contributed by atoms with Crippen molar-refractivity contribution >= 4 is 35.4 Å². The molecule has 3 unspecified atom stereocenters. The lowest BCUT2D eigenvalue weighted by molar-refractivity contribution is -0.0541. The predicted octanol–water partition coefficient (Wildman–Crippen LogP) is -2.24. The van der Waals surface area contributed by atoms with E-state index in [0.29, 0.717) is 0 Å². The maximum atomic E-state index is 12.2. The van der Waals surface area contributed by atoms with Crippen LogP contribution < -0.4 is 17.2 Å². The van der Waals surface area contributed by atoms with E-state index in [9.17, 15) is 33.6 Å². The number of ether oxygens (including phenoxy) is 1. The Labute approximate surface area is 184 Å². The second-order valence-corrected chi connectivity index (χ2v) is 10.8. The van der Waals surface area contributed by atoms with Crippen LogP contribution >= 0.6 is 23.5 Å². The van der Waals surface area contributed by atoms with Crippen LogP contribution in [-0.2, 0) is 31.6 Å². The van der Waals surface area contributed by atoms with Crippen molar-refractivity contribution in [1.29, 1.82) is 0 Å². The largest absolute Gasteiger partial charge is 0.490 e. The van der Waals surface area contributed by atoms with Gasteiger partial charge >= 0.3 is 29.2 Å². The second kappa shape index (κ2) is 10.5. The molecule has 18 nitrogen and oxygen atoms in total. The Kier molecular flexibility index (Phi) is 8.89. The number of hydrogen-bond donors (Lipinski definition) is 8. The SMILES string of the molecule is NC/C=C/c1cn([C@@H]2O[C@H](COP(=O)(O)OP(=O)(O)OP(=O)(O)O)C(O)[C@@H]2O)c(=O)nc1N. The van der Waals surface area contributed by atoms with Gasteiger partial charge in [-0.3, -0.25) is 9.09 Å². The molecule has 1 aromatic rings. The molecular weight excluding hydrogens is 517 g/mol. The quantitative estimate of drug-likeness (QED) is 0.146. The standard InChI is InChI=1S/C12H21N4O14P3/c13-3-1-2-6-4-16(12(19)15-10(6)14)11-9(18)8(17)7(28-11)5-27-32(23,24)30-33(25,26)29-31(20,21)22/h1-2,4,7-9,11,17-18H,3,5,13H2,(H,23,24)(H,25,26)(H2,14,15,19)(H2,20,21,22)/b2-1+/t7-,8?,9+,11-/m1/s1. The van der Waals surface area contributed by atoms with Crippen LogP contribution in [0.1, 0.15) is 11.8 Å². The summed E-state index contributed by atoms with van der Waals surface area (Å²) < 4.78 is 51.3. The van der Waals surface area contributed by atoms with Gasteiger partial charge in [-0.2, -0.15) is 13.6 Å². The van der Waals surface area contributed by atoms with Crippen molar-refractivity contribution in [3.05, 3.63) is 28.3 Å². The third kappa shape index (κ3) is 7.85. The second-order valence-electron chi connectivity index (χ2n) is 6.34. The fraction of sp³-hybridized carbons (Fsp3) is 0.500. The molecule has 0 bridgehead atoms. The average molecular weight is 538 g/mol. The van der Waals surface area contributed by atoms with Gasteiger partial charge in [-0.05, 0) is 0 Å².